The fourth-order valence-electron chi connectivity index (χ4n) is 2.26. The average Bonchev–Trinajstić information content (AvgIpc) is 3.10. The minimum absolute atomic E-state index is 0. The van der Waals surface area contributed by atoms with Crippen LogP contribution in [-0.4, -0.2) is 25.7 Å². The molecule has 0 spiro atoms. The summed E-state index contributed by atoms with van der Waals surface area (Å²) >= 11 is 0. The number of halogens is 1. The number of hydrogen-bond donors (Lipinski definition) is 2. The molecule has 0 saturated heterocycles. The standard InChI is InChI=1S/C19H27N3O2.HI/c1-15(2)24-14-17-7-4-6-16(12-17)13-22-19(20-3)21-10-9-18-8-5-11-23-18;/h4-8,11-12,15H,9-10,13-14H2,1-3H3,(H2,20,21,22);1H. The minimum Gasteiger partial charge on any atom is -0.469 e. The van der Waals surface area contributed by atoms with Gasteiger partial charge in [-0.25, -0.2) is 0 Å². The number of nitrogens with zero attached hydrogens (tertiary/aromatic N) is 1. The van der Waals surface area contributed by atoms with Gasteiger partial charge in [-0.2, -0.15) is 0 Å². The Bertz CT molecular complexity index is 627. The molecular formula is C19H28IN3O2. The zero-order chi connectivity index (χ0) is 17.2. The van der Waals surface area contributed by atoms with Crippen LogP contribution < -0.4 is 10.6 Å². The van der Waals surface area contributed by atoms with E-state index in [0.29, 0.717) is 6.61 Å². The highest BCUT2D eigenvalue weighted by atomic mass is 127. The SMILES string of the molecule is CN=C(NCCc1ccco1)NCc1cccc(COC(C)C)c1.I. The van der Waals surface area contributed by atoms with E-state index in [2.05, 4.69) is 39.9 Å². The van der Waals surface area contributed by atoms with E-state index in [1.165, 1.54) is 11.1 Å². The first kappa shape index (κ1) is 21.5. The Morgan fingerprint density at radius 3 is 2.64 bits per heavy atom. The second-order valence-corrected chi connectivity index (χ2v) is 5.86. The molecule has 25 heavy (non-hydrogen) atoms. The molecular weight excluding hydrogens is 429 g/mol. The second-order valence-electron chi connectivity index (χ2n) is 5.86. The lowest BCUT2D eigenvalue weighted by molar-refractivity contribution is 0.0657. The number of benzene rings is 1. The van der Waals surface area contributed by atoms with Crippen LogP contribution >= 0.6 is 24.0 Å². The Morgan fingerprint density at radius 2 is 1.96 bits per heavy atom. The van der Waals surface area contributed by atoms with Crippen LogP contribution in [0.2, 0.25) is 0 Å². The minimum atomic E-state index is 0. The summed E-state index contributed by atoms with van der Waals surface area (Å²) in [6.45, 7) is 6.22. The van der Waals surface area contributed by atoms with Crippen molar-refractivity contribution in [3.05, 3.63) is 59.5 Å². The fraction of sp³-hybridized carbons (Fsp3) is 0.421. The molecule has 138 valence electrons. The van der Waals surface area contributed by atoms with Crippen molar-refractivity contribution in [1.82, 2.24) is 10.6 Å². The molecule has 5 nitrogen and oxygen atoms in total. The Morgan fingerprint density at radius 1 is 1.16 bits per heavy atom. The van der Waals surface area contributed by atoms with Gasteiger partial charge >= 0.3 is 0 Å². The third kappa shape index (κ3) is 8.40. The zero-order valence-corrected chi connectivity index (χ0v) is 17.4. The molecule has 0 amide bonds. The number of hydrogen-bond acceptors (Lipinski definition) is 3. The molecule has 2 aromatic rings. The summed E-state index contributed by atoms with van der Waals surface area (Å²) in [4.78, 5) is 4.24. The smallest absolute Gasteiger partial charge is 0.191 e. The Balaban J connectivity index is 0.00000312. The number of furan rings is 1. The molecule has 1 heterocycles. The molecule has 1 aromatic carbocycles. The normalized spacial score (nSPS) is 11.3. The third-order valence-corrected chi connectivity index (χ3v) is 3.50. The Hall–Kier alpha value is -1.54. The predicted molar refractivity (Wildman–Crippen MR) is 112 cm³/mol. The van der Waals surface area contributed by atoms with Gasteiger partial charge in [0.05, 0.1) is 19.0 Å². The van der Waals surface area contributed by atoms with E-state index >= 15 is 0 Å². The first-order chi connectivity index (χ1) is 11.7. The highest BCUT2D eigenvalue weighted by Crippen LogP contribution is 2.08. The van der Waals surface area contributed by atoms with Gasteiger partial charge in [-0.3, -0.25) is 4.99 Å². The average molecular weight is 457 g/mol. The van der Waals surface area contributed by atoms with Crippen LogP contribution in [0.1, 0.15) is 30.7 Å². The van der Waals surface area contributed by atoms with Gasteiger partial charge in [0.15, 0.2) is 5.96 Å². The Labute approximate surface area is 167 Å². The molecule has 1 aromatic heterocycles. The molecule has 0 bridgehead atoms. The monoisotopic (exact) mass is 457 g/mol. The molecule has 0 saturated carbocycles. The van der Waals surface area contributed by atoms with Crippen molar-refractivity contribution in [3.8, 4) is 0 Å². The van der Waals surface area contributed by atoms with Crippen molar-refractivity contribution in [3.63, 3.8) is 0 Å². The van der Waals surface area contributed by atoms with E-state index < -0.39 is 0 Å². The van der Waals surface area contributed by atoms with E-state index in [1.54, 1.807) is 13.3 Å². The van der Waals surface area contributed by atoms with Gasteiger partial charge in [-0.1, -0.05) is 24.3 Å². The van der Waals surface area contributed by atoms with Gasteiger partial charge in [0, 0.05) is 26.6 Å². The van der Waals surface area contributed by atoms with Gasteiger partial charge < -0.3 is 19.8 Å². The van der Waals surface area contributed by atoms with E-state index in [9.17, 15) is 0 Å². The number of guanidine groups is 1. The maximum absolute atomic E-state index is 5.65. The van der Waals surface area contributed by atoms with Crippen molar-refractivity contribution in [2.45, 2.75) is 39.5 Å². The third-order valence-electron chi connectivity index (χ3n) is 3.50. The lowest BCUT2D eigenvalue weighted by Crippen LogP contribution is -2.37. The van der Waals surface area contributed by atoms with Crippen molar-refractivity contribution >= 4 is 29.9 Å². The first-order valence-corrected chi connectivity index (χ1v) is 8.33. The zero-order valence-electron chi connectivity index (χ0n) is 15.1. The summed E-state index contributed by atoms with van der Waals surface area (Å²) < 4.78 is 11.0. The van der Waals surface area contributed by atoms with Crippen molar-refractivity contribution in [2.75, 3.05) is 13.6 Å². The molecule has 2 N–H and O–H groups in total. The Kier molecular flexibility index (Phi) is 10.3. The maximum atomic E-state index is 5.65. The molecule has 0 aliphatic carbocycles. The molecule has 0 atom stereocenters. The predicted octanol–water partition coefficient (Wildman–Crippen LogP) is 3.73. The molecule has 0 radical (unpaired) electrons. The van der Waals surface area contributed by atoms with Gasteiger partial charge in [0.25, 0.3) is 0 Å². The second kappa shape index (κ2) is 11.9. The molecule has 0 fully saturated rings. The summed E-state index contributed by atoms with van der Waals surface area (Å²) in [6.07, 6.45) is 2.76. The number of rotatable bonds is 8. The lowest BCUT2D eigenvalue weighted by Gasteiger charge is -2.12. The van der Waals surface area contributed by atoms with Crippen LogP contribution in [0.3, 0.4) is 0 Å². The van der Waals surface area contributed by atoms with Crippen LogP contribution in [-0.2, 0) is 24.3 Å². The van der Waals surface area contributed by atoms with Crippen LogP contribution in [0.5, 0.6) is 0 Å². The largest absolute Gasteiger partial charge is 0.469 e. The van der Waals surface area contributed by atoms with E-state index in [4.69, 9.17) is 9.15 Å². The molecule has 2 rings (SSSR count). The van der Waals surface area contributed by atoms with Crippen LogP contribution in [0.15, 0.2) is 52.1 Å². The first-order valence-electron chi connectivity index (χ1n) is 8.33. The molecule has 6 heteroatoms. The fourth-order valence-corrected chi connectivity index (χ4v) is 2.26. The van der Waals surface area contributed by atoms with E-state index in [1.807, 2.05) is 26.0 Å². The molecule has 0 aliphatic rings. The lowest BCUT2D eigenvalue weighted by atomic mass is 10.1. The van der Waals surface area contributed by atoms with Crippen molar-refractivity contribution < 1.29 is 9.15 Å². The van der Waals surface area contributed by atoms with E-state index in [0.717, 1.165) is 31.2 Å². The molecule has 0 unspecified atom stereocenters. The summed E-state index contributed by atoms with van der Waals surface area (Å²) in [5, 5.41) is 6.61. The topological polar surface area (TPSA) is 58.8 Å². The summed E-state index contributed by atoms with van der Waals surface area (Å²) in [5.41, 5.74) is 2.39. The van der Waals surface area contributed by atoms with Gasteiger partial charge in [0.2, 0.25) is 0 Å². The van der Waals surface area contributed by atoms with E-state index in [-0.39, 0.29) is 30.1 Å². The highest BCUT2D eigenvalue weighted by molar-refractivity contribution is 14.0. The molecule has 0 aliphatic heterocycles. The maximum Gasteiger partial charge on any atom is 0.191 e. The van der Waals surface area contributed by atoms with Crippen LogP contribution in [0.4, 0.5) is 0 Å². The quantitative estimate of drug-likeness (QED) is 0.361. The number of nitrogens with one attached hydrogen (secondary N) is 2. The summed E-state index contributed by atoms with van der Waals surface area (Å²) in [7, 11) is 1.77. The van der Waals surface area contributed by atoms with Crippen LogP contribution in [0.25, 0.3) is 0 Å². The van der Waals surface area contributed by atoms with Crippen molar-refractivity contribution in [1.29, 1.82) is 0 Å². The number of aliphatic imine (C=N–C) groups is 1. The van der Waals surface area contributed by atoms with Gasteiger partial charge in [-0.05, 0) is 37.1 Å². The van der Waals surface area contributed by atoms with Crippen molar-refractivity contribution in [2.24, 2.45) is 4.99 Å². The highest BCUT2D eigenvalue weighted by Gasteiger charge is 2.02. The number of ether oxygens (including phenoxy) is 1. The summed E-state index contributed by atoms with van der Waals surface area (Å²) in [6, 6.07) is 12.3. The van der Waals surface area contributed by atoms with Crippen LogP contribution in [0, 0.1) is 0 Å². The summed E-state index contributed by atoms with van der Waals surface area (Å²) in [5.74, 6) is 1.75. The van der Waals surface area contributed by atoms with Gasteiger partial charge in [-0.15, -0.1) is 24.0 Å². The van der Waals surface area contributed by atoms with Gasteiger partial charge in [0.1, 0.15) is 5.76 Å².